The summed E-state index contributed by atoms with van der Waals surface area (Å²) in [4.78, 5) is 22.4. The summed E-state index contributed by atoms with van der Waals surface area (Å²) in [6.07, 6.45) is -3.42. The lowest BCUT2D eigenvalue weighted by molar-refractivity contribution is -0.143. The first kappa shape index (κ1) is 17.8. The number of rotatable bonds is 7. The summed E-state index contributed by atoms with van der Waals surface area (Å²) in [6, 6.07) is 3.50. The average molecular weight is 385 g/mol. The molecular weight excluding hydrogens is 372 g/mol. The minimum absolute atomic E-state index is 0.0219. The Morgan fingerprint density at radius 3 is 2.62 bits per heavy atom. The quantitative estimate of drug-likeness (QED) is 0.758. The predicted molar refractivity (Wildman–Crippen MR) is 77.7 cm³/mol. The number of hydrogen-bond acceptors (Lipinski definition) is 2. The molecule has 116 valence electrons. The van der Waals surface area contributed by atoms with E-state index in [2.05, 4.69) is 21.2 Å². The molecule has 2 N–H and O–H groups in total. The Hall–Kier alpha value is -1.21. The van der Waals surface area contributed by atoms with Crippen molar-refractivity contribution in [3.63, 3.8) is 0 Å². The van der Waals surface area contributed by atoms with E-state index in [1.807, 2.05) is 0 Å². The van der Waals surface area contributed by atoms with Gasteiger partial charge in [0, 0.05) is 22.3 Å². The van der Waals surface area contributed by atoms with Gasteiger partial charge in [-0.05, 0) is 30.2 Å². The molecule has 1 amide bonds. The van der Waals surface area contributed by atoms with Crippen LogP contribution in [0.5, 0.6) is 0 Å². The van der Waals surface area contributed by atoms with Gasteiger partial charge in [0.05, 0.1) is 0 Å². The first-order valence-corrected chi connectivity index (χ1v) is 7.21. The van der Waals surface area contributed by atoms with Crippen molar-refractivity contribution < 1.29 is 23.5 Å². The third-order valence-corrected chi connectivity index (χ3v) is 3.69. The molecule has 0 aliphatic heterocycles. The van der Waals surface area contributed by atoms with Crippen LogP contribution in [0.3, 0.4) is 0 Å². The van der Waals surface area contributed by atoms with Gasteiger partial charge in [-0.3, -0.25) is 4.79 Å². The van der Waals surface area contributed by atoms with E-state index in [0.717, 1.165) is 10.0 Å². The normalized spacial score (nSPS) is 12.2. The van der Waals surface area contributed by atoms with Crippen LogP contribution in [-0.4, -0.2) is 29.5 Å². The highest BCUT2D eigenvalue weighted by molar-refractivity contribution is 9.10. The van der Waals surface area contributed by atoms with Crippen LogP contribution in [0.4, 0.5) is 8.78 Å². The second-order valence-electron chi connectivity index (χ2n) is 4.32. The summed E-state index contributed by atoms with van der Waals surface area (Å²) in [5.74, 6) is -2.08. The number of alkyl halides is 2. The number of hydrogen-bond donors (Lipinski definition) is 2. The Bertz CT molecular complexity index is 528. The maximum Gasteiger partial charge on any atom is 0.326 e. The van der Waals surface area contributed by atoms with Crippen LogP contribution in [-0.2, 0) is 16.0 Å². The molecule has 4 nitrogen and oxygen atoms in total. The summed E-state index contributed by atoms with van der Waals surface area (Å²) in [7, 11) is 0. The van der Waals surface area contributed by atoms with Crippen molar-refractivity contribution in [1.29, 1.82) is 0 Å². The van der Waals surface area contributed by atoms with E-state index in [9.17, 15) is 18.4 Å². The molecule has 1 aromatic rings. The van der Waals surface area contributed by atoms with Gasteiger partial charge in [-0.1, -0.05) is 27.5 Å². The van der Waals surface area contributed by atoms with Crippen molar-refractivity contribution in [3.05, 3.63) is 33.3 Å². The second kappa shape index (κ2) is 8.29. The molecular formula is C13H13BrClF2NO3. The van der Waals surface area contributed by atoms with Crippen LogP contribution >= 0.6 is 27.5 Å². The van der Waals surface area contributed by atoms with Gasteiger partial charge in [-0.15, -0.1) is 0 Å². The molecule has 0 spiro atoms. The lowest BCUT2D eigenvalue weighted by Gasteiger charge is -2.14. The van der Waals surface area contributed by atoms with E-state index in [1.165, 1.54) is 0 Å². The van der Waals surface area contributed by atoms with Crippen LogP contribution in [0.25, 0.3) is 0 Å². The topological polar surface area (TPSA) is 66.4 Å². The largest absolute Gasteiger partial charge is 0.480 e. The fourth-order valence-corrected chi connectivity index (χ4v) is 2.29. The monoisotopic (exact) mass is 383 g/mol. The number of amides is 1. The van der Waals surface area contributed by atoms with Crippen LogP contribution in [0.2, 0.25) is 5.02 Å². The molecule has 1 atom stereocenters. The highest BCUT2D eigenvalue weighted by Crippen LogP contribution is 2.22. The van der Waals surface area contributed by atoms with E-state index < -0.39 is 30.8 Å². The second-order valence-corrected chi connectivity index (χ2v) is 5.61. The van der Waals surface area contributed by atoms with Crippen LogP contribution < -0.4 is 5.32 Å². The zero-order valence-electron chi connectivity index (χ0n) is 10.8. The third-order valence-electron chi connectivity index (χ3n) is 2.68. The molecule has 0 fully saturated rings. The lowest BCUT2D eigenvalue weighted by atomic mass is 10.1. The smallest absolute Gasteiger partial charge is 0.326 e. The first-order valence-electron chi connectivity index (χ1n) is 6.04. The van der Waals surface area contributed by atoms with Crippen molar-refractivity contribution in [2.24, 2.45) is 0 Å². The van der Waals surface area contributed by atoms with Gasteiger partial charge in [0.25, 0.3) is 0 Å². The predicted octanol–water partition coefficient (Wildman–Crippen LogP) is 3.26. The van der Waals surface area contributed by atoms with Crippen LogP contribution in [0.1, 0.15) is 18.4 Å². The zero-order chi connectivity index (χ0) is 16.0. The Morgan fingerprint density at radius 2 is 2.05 bits per heavy atom. The summed E-state index contributed by atoms with van der Waals surface area (Å²) in [5.41, 5.74) is 0.776. The van der Waals surface area contributed by atoms with Gasteiger partial charge in [0.15, 0.2) is 0 Å². The number of benzene rings is 1. The van der Waals surface area contributed by atoms with Crippen molar-refractivity contribution in [2.75, 3.05) is 0 Å². The number of carboxylic acids is 1. The Balaban J connectivity index is 2.56. The number of carbonyl (C=O) groups excluding carboxylic acids is 1. The maximum absolute atomic E-state index is 12.2. The van der Waals surface area contributed by atoms with E-state index in [-0.39, 0.29) is 6.42 Å². The molecule has 0 aromatic heterocycles. The molecule has 0 heterocycles. The van der Waals surface area contributed by atoms with Crippen molar-refractivity contribution in [3.8, 4) is 0 Å². The van der Waals surface area contributed by atoms with Crippen molar-refractivity contribution >= 4 is 39.4 Å². The molecule has 8 heteroatoms. The standard InChI is InChI=1S/C13H13BrClF2NO3/c14-9-3-2-8(15)5-7(9)1-4-12(19)18-10(13(20)21)6-11(16)17/h2-3,5,10-11H,1,4,6H2,(H,18,19)(H,20,21). The number of aryl methyl sites for hydroxylation is 1. The Labute approximate surface area is 133 Å². The summed E-state index contributed by atoms with van der Waals surface area (Å²) >= 11 is 9.14. The molecule has 0 aliphatic carbocycles. The van der Waals surface area contributed by atoms with Crippen LogP contribution in [0.15, 0.2) is 22.7 Å². The Morgan fingerprint density at radius 1 is 1.38 bits per heavy atom. The molecule has 0 aliphatic rings. The minimum atomic E-state index is -2.80. The van der Waals surface area contributed by atoms with Gasteiger partial charge in [0.2, 0.25) is 12.3 Å². The number of carboxylic acid groups (broad SMARTS) is 1. The number of nitrogens with one attached hydrogen (secondary N) is 1. The van der Waals surface area contributed by atoms with Gasteiger partial charge in [-0.25, -0.2) is 13.6 Å². The molecule has 1 rings (SSSR count). The summed E-state index contributed by atoms with van der Waals surface area (Å²) in [5, 5.41) is 11.4. The molecule has 0 saturated heterocycles. The van der Waals surface area contributed by atoms with Crippen molar-refractivity contribution in [2.45, 2.75) is 31.7 Å². The number of halogens is 4. The van der Waals surface area contributed by atoms with Gasteiger partial charge in [0.1, 0.15) is 6.04 Å². The molecule has 0 radical (unpaired) electrons. The fraction of sp³-hybridized carbons (Fsp3) is 0.385. The molecule has 1 aromatic carbocycles. The zero-order valence-corrected chi connectivity index (χ0v) is 13.1. The number of carbonyl (C=O) groups is 2. The SMILES string of the molecule is O=C(CCc1cc(Cl)ccc1Br)NC(CC(F)F)C(=O)O. The van der Waals surface area contributed by atoms with E-state index in [0.29, 0.717) is 11.4 Å². The van der Waals surface area contributed by atoms with E-state index >= 15 is 0 Å². The highest BCUT2D eigenvalue weighted by atomic mass is 79.9. The molecule has 0 saturated carbocycles. The Kier molecular flexibility index (Phi) is 7.04. The molecule has 0 bridgehead atoms. The fourth-order valence-electron chi connectivity index (χ4n) is 1.65. The first-order chi connectivity index (χ1) is 9.79. The van der Waals surface area contributed by atoms with Crippen LogP contribution in [0, 0.1) is 0 Å². The van der Waals surface area contributed by atoms with Crippen molar-refractivity contribution in [1.82, 2.24) is 5.32 Å². The number of aliphatic carboxylic acids is 1. The minimum Gasteiger partial charge on any atom is -0.480 e. The summed E-state index contributed by atoms with van der Waals surface area (Å²) in [6.45, 7) is 0. The maximum atomic E-state index is 12.2. The van der Waals surface area contributed by atoms with Gasteiger partial charge < -0.3 is 10.4 Å². The summed E-state index contributed by atoms with van der Waals surface area (Å²) < 4.78 is 25.2. The van der Waals surface area contributed by atoms with E-state index in [1.54, 1.807) is 18.2 Å². The van der Waals surface area contributed by atoms with E-state index in [4.69, 9.17) is 16.7 Å². The van der Waals surface area contributed by atoms with Gasteiger partial charge >= 0.3 is 5.97 Å². The lowest BCUT2D eigenvalue weighted by Crippen LogP contribution is -2.42. The van der Waals surface area contributed by atoms with Gasteiger partial charge in [-0.2, -0.15) is 0 Å². The molecule has 1 unspecified atom stereocenters. The molecule has 21 heavy (non-hydrogen) atoms. The third kappa shape index (κ3) is 6.39. The highest BCUT2D eigenvalue weighted by Gasteiger charge is 2.23. The average Bonchev–Trinajstić information content (AvgIpc) is 2.38.